The van der Waals surface area contributed by atoms with Crippen molar-refractivity contribution in [2.75, 3.05) is 6.61 Å². The molecule has 0 saturated heterocycles. The van der Waals surface area contributed by atoms with Crippen LogP contribution in [0, 0.1) is 0 Å². The summed E-state index contributed by atoms with van der Waals surface area (Å²) in [5.41, 5.74) is 3.42. The van der Waals surface area contributed by atoms with Gasteiger partial charge in [-0.2, -0.15) is 4.98 Å². The zero-order valence-corrected chi connectivity index (χ0v) is 13.4. The van der Waals surface area contributed by atoms with E-state index in [9.17, 15) is 0 Å². The number of imidazole rings is 1. The van der Waals surface area contributed by atoms with Crippen molar-refractivity contribution in [1.82, 2.24) is 9.55 Å². The Hall–Kier alpha value is -2.49. The average molecular weight is 308 g/mol. The second kappa shape index (κ2) is 5.61. The van der Waals surface area contributed by atoms with Crippen molar-refractivity contribution in [3.8, 4) is 11.8 Å². The van der Waals surface area contributed by atoms with Gasteiger partial charge in [-0.1, -0.05) is 38.1 Å². The molecule has 1 atom stereocenters. The fourth-order valence-corrected chi connectivity index (χ4v) is 2.93. The Morgan fingerprint density at radius 3 is 2.74 bits per heavy atom. The third kappa shape index (κ3) is 2.65. The highest BCUT2D eigenvalue weighted by molar-refractivity contribution is 5.76. The summed E-state index contributed by atoms with van der Waals surface area (Å²) in [6, 6.07) is 17.1. The van der Waals surface area contributed by atoms with Gasteiger partial charge < -0.3 is 9.47 Å². The molecule has 118 valence electrons. The lowest BCUT2D eigenvalue weighted by molar-refractivity contribution is 0.144. The number of rotatable bonds is 4. The first-order valence-electron chi connectivity index (χ1n) is 8.05. The number of nitrogens with zero attached hydrogens (tertiary/aromatic N) is 2. The minimum atomic E-state index is 0.00637. The van der Waals surface area contributed by atoms with Gasteiger partial charge in [0.1, 0.15) is 12.4 Å². The summed E-state index contributed by atoms with van der Waals surface area (Å²) in [4.78, 5) is 4.51. The molecule has 0 unspecified atom stereocenters. The summed E-state index contributed by atoms with van der Waals surface area (Å²) < 4.78 is 13.9. The summed E-state index contributed by atoms with van der Waals surface area (Å²) in [6.45, 7) is 5.68. The van der Waals surface area contributed by atoms with E-state index in [0.717, 1.165) is 23.3 Å². The standard InChI is InChI=1S/C19H20N2O2/c1-13(2)14-7-9-15(10-8-14)22-12-16-11-21-18-6-4-3-5-17(18)20-19(21)23-16/h3-10,13,16H,11-12H2,1-2H3/t16-/m0/s1. The van der Waals surface area contributed by atoms with Crippen molar-refractivity contribution < 1.29 is 9.47 Å². The molecule has 0 saturated carbocycles. The Kier molecular flexibility index (Phi) is 3.45. The molecule has 3 aromatic rings. The van der Waals surface area contributed by atoms with Crippen molar-refractivity contribution in [3.05, 3.63) is 54.1 Å². The Morgan fingerprint density at radius 2 is 1.96 bits per heavy atom. The smallest absolute Gasteiger partial charge is 0.297 e. The maximum Gasteiger partial charge on any atom is 0.297 e. The number of para-hydroxylation sites is 2. The number of hydrogen-bond donors (Lipinski definition) is 0. The largest absolute Gasteiger partial charge is 0.490 e. The fraction of sp³-hybridized carbons (Fsp3) is 0.316. The second-order valence-corrected chi connectivity index (χ2v) is 6.27. The minimum absolute atomic E-state index is 0.00637. The van der Waals surface area contributed by atoms with Gasteiger partial charge in [0.15, 0.2) is 6.10 Å². The summed E-state index contributed by atoms with van der Waals surface area (Å²) in [5, 5.41) is 0. The van der Waals surface area contributed by atoms with Crippen molar-refractivity contribution in [1.29, 1.82) is 0 Å². The number of hydrogen-bond acceptors (Lipinski definition) is 3. The molecule has 2 aromatic carbocycles. The Labute approximate surface area is 135 Å². The molecular weight excluding hydrogens is 288 g/mol. The van der Waals surface area contributed by atoms with Gasteiger partial charge in [-0.05, 0) is 35.7 Å². The zero-order valence-electron chi connectivity index (χ0n) is 13.4. The second-order valence-electron chi connectivity index (χ2n) is 6.27. The molecule has 4 nitrogen and oxygen atoms in total. The highest BCUT2D eigenvalue weighted by Gasteiger charge is 2.26. The highest BCUT2D eigenvalue weighted by atomic mass is 16.6. The van der Waals surface area contributed by atoms with E-state index in [4.69, 9.17) is 9.47 Å². The molecule has 0 fully saturated rings. The molecule has 0 spiro atoms. The number of ether oxygens (including phenoxy) is 2. The third-order valence-electron chi connectivity index (χ3n) is 4.26. The van der Waals surface area contributed by atoms with E-state index >= 15 is 0 Å². The van der Waals surface area contributed by atoms with Crippen LogP contribution >= 0.6 is 0 Å². The van der Waals surface area contributed by atoms with Crippen LogP contribution in [-0.2, 0) is 6.54 Å². The molecule has 0 amide bonds. The molecule has 4 heteroatoms. The fourth-order valence-electron chi connectivity index (χ4n) is 2.93. The van der Waals surface area contributed by atoms with Crippen LogP contribution in [0.15, 0.2) is 48.5 Å². The van der Waals surface area contributed by atoms with Crippen LogP contribution in [0.25, 0.3) is 11.0 Å². The molecule has 2 heterocycles. The van der Waals surface area contributed by atoms with E-state index in [1.807, 2.05) is 30.3 Å². The quantitative estimate of drug-likeness (QED) is 0.731. The summed E-state index contributed by atoms with van der Waals surface area (Å²) in [5.74, 6) is 1.42. The van der Waals surface area contributed by atoms with Gasteiger partial charge in [-0.15, -0.1) is 0 Å². The van der Waals surface area contributed by atoms with Gasteiger partial charge in [-0.3, -0.25) is 4.57 Å². The third-order valence-corrected chi connectivity index (χ3v) is 4.26. The van der Waals surface area contributed by atoms with E-state index in [0.29, 0.717) is 18.5 Å². The number of benzene rings is 2. The molecule has 0 aliphatic carbocycles. The predicted octanol–water partition coefficient (Wildman–Crippen LogP) is 4.00. The molecule has 0 bridgehead atoms. The first kappa shape index (κ1) is 14.1. The molecule has 1 aromatic heterocycles. The van der Waals surface area contributed by atoms with Crippen molar-refractivity contribution in [3.63, 3.8) is 0 Å². The lowest BCUT2D eigenvalue weighted by atomic mass is 10.0. The predicted molar refractivity (Wildman–Crippen MR) is 90.2 cm³/mol. The molecule has 0 radical (unpaired) electrons. The van der Waals surface area contributed by atoms with Crippen molar-refractivity contribution in [2.24, 2.45) is 0 Å². The monoisotopic (exact) mass is 308 g/mol. The van der Waals surface area contributed by atoms with E-state index in [1.165, 1.54) is 5.56 Å². The number of fused-ring (bicyclic) bond motifs is 3. The molecular formula is C19H20N2O2. The Balaban J connectivity index is 1.41. The van der Waals surface area contributed by atoms with Crippen LogP contribution in [0.1, 0.15) is 25.3 Å². The lowest BCUT2D eigenvalue weighted by Crippen LogP contribution is -2.23. The molecule has 4 rings (SSSR count). The maximum absolute atomic E-state index is 5.90. The molecule has 0 N–H and O–H groups in total. The summed E-state index contributed by atoms with van der Waals surface area (Å²) in [7, 11) is 0. The van der Waals surface area contributed by atoms with Crippen LogP contribution in [0.5, 0.6) is 11.8 Å². The van der Waals surface area contributed by atoms with Gasteiger partial charge >= 0.3 is 0 Å². The van der Waals surface area contributed by atoms with Crippen LogP contribution in [0.3, 0.4) is 0 Å². The van der Waals surface area contributed by atoms with Crippen LogP contribution in [0.4, 0.5) is 0 Å². The van der Waals surface area contributed by atoms with Crippen molar-refractivity contribution >= 4 is 11.0 Å². The Morgan fingerprint density at radius 1 is 1.17 bits per heavy atom. The maximum atomic E-state index is 5.90. The first-order valence-corrected chi connectivity index (χ1v) is 8.05. The topological polar surface area (TPSA) is 36.3 Å². The zero-order chi connectivity index (χ0) is 15.8. The summed E-state index contributed by atoms with van der Waals surface area (Å²) >= 11 is 0. The minimum Gasteiger partial charge on any atom is -0.490 e. The Bertz CT molecular complexity index is 821. The van der Waals surface area contributed by atoms with E-state index in [2.05, 4.69) is 41.6 Å². The van der Waals surface area contributed by atoms with Crippen LogP contribution in [-0.4, -0.2) is 22.3 Å². The van der Waals surface area contributed by atoms with E-state index in [-0.39, 0.29) is 6.10 Å². The van der Waals surface area contributed by atoms with Crippen molar-refractivity contribution in [2.45, 2.75) is 32.4 Å². The summed E-state index contributed by atoms with van der Waals surface area (Å²) in [6.07, 6.45) is 0.00637. The molecule has 23 heavy (non-hydrogen) atoms. The van der Waals surface area contributed by atoms with Gasteiger partial charge in [0, 0.05) is 0 Å². The average Bonchev–Trinajstić information content (AvgIpc) is 3.10. The lowest BCUT2D eigenvalue weighted by Gasteiger charge is -2.12. The molecule has 1 aliphatic heterocycles. The first-order chi connectivity index (χ1) is 11.2. The van der Waals surface area contributed by atoms with Gasteiger partial charge in [0.05, 0.1) is 17.6 Å². The van der Waals surface area contributed by atoms with Crippen LogP contribution < -0.4 is 9.47 Å². The van der Waals surface area contributed by atoms with E-state index < -0.39 is 0 Å². The van der Waals surface area contributed by atoms with Gasteiger partial charge in [0.25, 0.3) is 6.01 Å². The van der Waals surface area contributed by atoms with Crippen LogP contribution in [0.2, 0.25) is 0 Å². The highest BCUT2D eigenvalue weighted by Crippen LogP contribution is 2.28. The molecule has 1 aliphatic rings. The number of aromatic nitrogens is 2. The normalized spacial score (nSPS) is 16.6. The van der Waals surface area contributed by atoms with Gasteiger partial charge in [0.2, 0.25) is 0 Å². The van der Waals surface area contributed by atoms with E-state index in [1.54, 1.807) is 0 Å². The SMILES string of the molecule is CC(C)c1ccc(OC[C@@H]2Cn3c(nc4ccccc43)O2)cc1. The van der Waals surface area contributed by atoms with Gasteiger partial charge in [-0.25, -0.2) is 0 Å².